The molecule has 1 unspecified atom stereocenters. The molecule has 0 saturated carbocycles. The van der Waals surface area contributed by atoms with E-state index in [9.17, 15) is 4.39 Å². The summed E-state index contributed by atoms with van der Waals surface area (Å²) in [5, 5.41) is 3.43. The molecule has 5 heteroatoms. The molecule has 2 rings (SSSR count). The third-order valence-electron chi connectivity index (χ3n) is 2.90. The lowest BCUT2D eigenvalue weighted by atomic mass is 9.99. The molecule has 1 N–H and O–H groups in total. The van der Waals surface area contributed by atoms with Gasteiger partial charge in [-0.15, -0.1) is 0 Å². The number of hydrogen-bond donors (Lipinski definition) is 1. The van der Waals surface area contributed by atoms with E-state index in [1.165, 1.54) is 6.07 Å². The molecule has 0 bridgehead atoms. The second-order valence-electron chi connectivity index (χ2n) is 4.37. The van der Waals surface area contributed by atoms with Gasteiger partial charge in [-0.1, -0.05) is 44.8 Å². The first-order valence-corrected chi connectivity index (χ1v) is 8.53. The van der Waals surface area contributed by atoms with Crippen LogP contribution in [-0.2, 0) is 0 Å². The summed E-state index contributed by atoms with van der Waals surface area (Å²) in [5.41, 5.74) is 2.14. The van der Waals surface area contributed by atoms with Crippen LogP contribution in [0.1, 0.15) is 24.1 Å². The van der Waals surface area contributed by atoms with Crippen LogP contribution in [-0.4, -0.2) is 6.54 Å². The van der Waals surface area contributed by atoms with Crippen LogP contribution in [0.5, 0.6) is 0 Å². The highest BCUT2D eigenvalue weighted by Crippen LogP contribution is 2.30. The summed E-state index contributed by atoms with van der Waals surface area (Å²) in [6, 6.07) is 11.2. The quantitative estimate of drug-likeness (QED) is 0.600. The lowest BCUT2D eigenvalue weighted by Gasteiger charge is -2.20. The first-order chi connectivity index (χ1) is 9.51. The van der Waals surface area contributed by atoms with Crippen LogP contribution >= 0.6 is 47.8 Å². The van der Waals surface area contributed by atoms with E-state index in [1.54, 1.807) is 0 Å². The summed E-state index contributed by atoms with van der Waals surface area (Å²) in [4.78, 5) is 0. The number of nitrogens with one attached hydrogen (secondary N) is 1. The third kappa shape index (κ3) is 3.91. The maximum atomic E-state index is 13.4. The average molecular weight is 466 g/mol. The average Bonchev–Trinajstić information content (AvgIpc) is 2.38. The molecule has 0 aliphatic rings. The van der Waals surface area contributed by atoms with Gasteiger partial charge in [-0.2, -0.15) is 0 Å². The van der Waals surface area contributed by atoms with Crippen LogP contribution < -0.4 is 5.32 Å². The van der Waals surface area contributed by atoms with Gasteiger partial charge < -0.3 is 5.32 Å². The van der Waals surface area contributed by atoms with Crippen molar-refractivity contribution in [2.45, 2.75) is 13.0 Å². The molecule has 0 aliphatic heterocycles. The highest BCUT2D eigenvalue weighted by Gasteiger charge is 2.15. The van der Waals surface area contributed by atoms with Gasteiger partial charge in [0.25, 0.3) is 0 Å². The van der Waals surface area contributed by atoms with Gasteiger partial charge in [0.1, 0.15) is 5.82 Å². The monoisotopic (exact) mass is 463 g/mol. The molecule has 2 aromatic carbocycles. The Kier molecular flexibility index (Phi) is 5.78. The van der Waals surface area contributed by atoms with Crippen LogP contribution in [0.25, 0.3) is 0 Å². The summed E-state index contributed by atoms with van der Waals surface area (Å²) in [7, 11) is 0. The SMILES string of the molecule is CCNC(c1cc(Br)cc(Br)c1)c1ccc(F)c(Br)c1. The van der Waals surface area contributed by atoms with Crippen molar-refractivity contribution in [1.82, 2.24) is 5.32 Å². The molecule has 0 fully saturated rings. The molecular formula is C15H13Br3FN. The normalized spacial score (nSPS) is 12.4. The van der Waals surface area contributed by atoms with Crippen LogP contribution in [0.15, 0.2) is 49.8 Å². The molecule has 0 aliphatic carbocycles. The molecule has 0 saturated heterocycles. The largest absolute Gasteiger partial charge is 0.307 e. The number of halogens is 4. The molecule has 0 radical (unpaired) electrons. The van der Waals surface area contributed by atoms with Crippen LogP contribution in [0.4, 0.5) is 4.39 Å². The van der Waals surface area contributed by atoms with E-state index in [0.717, 1.165) is 26.6 Å². The fourth-order valence-corrected chi connectivity index (χ4v) is 3.79. The molecule has 1 atom stereocenters. The minimum absolute atomic E-state index is 0.0192. The van der Waals surface area contributed by atoms with E-state index in [2.05, 4.69) is 72.2 Å². The van der Waals surface area contributed by atoms with Crippen molar-refractivity contribution < 1.29 is 4.39 Å². The fraction of sp³-hybridized carbons (Fsp3) is 0.200. The summed E-state index contributed by atoms with van der Waals surface area (Å²) in [6.07, 6.45) is 0. The van der Waals surface area contributed by atoms with Gasteiger partial charge in [0, 0.05) is 8.95 Å². The maximum absolute atomic E-state index is 13.4. The molecule has 1 nitrogen and oxygen atoms in total. The van der Waals surface area contributed by atoms with Gasteiger partial charge >= 0.3 is 0 Å². The molecule has 0 spiro atoms. The Morgan fingerprint density at radius 2 is 1.65 bits per heavy atom. The van der Waals surface area contributed by atoms with Crippen molar-refractivity contribution >= 4 is 47.8 Å². The van der Waals surface area contributed by atoms with Gasteiger partial charge in [-0.3, -0.25) is 0 Å². The minimum atomic E-state index is -0.251. The van der Waals surface area contributed by atoms with Gasteiger partial charge in [0.15, 0.2) is 0 Å². The topological polar surface area (TPSA) is 12.0 Å². The minimum Gasteiger partial charge on any atom is -0.307 e. The third-order valence-corrected chi connectivity index (χ3v) is 4.43. The number of benzene rings is 2. The zero-order valence-electron chi connectivity index (χ0n) is 10.8. The van der Waals surface area contributed by atoms with Crippen molar-refractivity contribution in [2.75, 3.05) is 6.54 Å². The second kappa shape index (κ2) is 7.16. The summed E-state index contributed by atoms with van der Waals surface area (Å²) in [6.45, 7) is 2.88. The number of hydrogen-bond acceptors (Lipinski definition) is 1. The molecule has 0 heterocycles. The van der Waals surface area contributed by atoms with E-state index in [-0.39, 0.29) is 11.9 Å². The highest BCUT2D eigenvalue weighted by molar-refractivity contribution is 9.11. The Balaban J connectivity index is 2.46. The number of rotatable bonds is 4. The molecule has 2 aromatic rings. The summed E-state index contributed by atoms with van der Waals surface area (Å²) < 4.78 is 15.9. The van der Waals surface area contributed by atoms with E-state index >= 15 is 0 Å². The van der Waals surface area contributed by atoms with Crippen molar-refractivity contribution in [3.05, 3.63) is 66.8 Å². The molecule has 106 valence electrons. The van der Waals surface area contributed by atoms with Crippen molar-refractivity contribution in [2.24, 2.45) is 0 Å². The fourth-order valence-electron chi connectivity index (χ4n) is 2.07. The molecular weight excluding hydrogens is 453 g/mol. The van der Waals surface area contributed by atoms with Gasteiger partial charge in [0.2, 0.25) is 0 Å². The predicted molar refractivity (Wildman–Crippen MR) is 91.5 cm³/mol. The van der Waals surface area contributed by atoms with Crippen LogP contribution in [0.3, 0.4) is 0 Å². The lowest BCUT2D eigenvalue weighted by molar-refractivity contribution is 0.608. The Bertz CT molecular complexity index is 596. The molecule has 0 amide bonds. The predicted octanol–water partition coefficient (Wildman–Crippen LogP) is 5.81. The van der Waals surface area contributed by atoms with E-state index in [1.807, 2.05) is 18.2 Å². The van der Waals surface area contributed by atoms with Crippen molar-refractivity contribution in [1.29, 1.82) is 0 Å². The van der Waals surface area contributed by atoms with Crippen molar-refractivity contribution in [3.8, 4) is 0 Å². The second-order valence-corrected chi connectivity index (χ2v) is 7.05. The van der Waals surface area contributed by atoms with Gasteiger partial charge in [-0.25, -0.2) is 4.39 Å². The zero-order valence-corrected chi connectivity index (χ0v) is 15.5. The zero-order chi connectivity index (χ0) is 14.7. The van der Waals surface area contributed by atoms with E-state index in [4.69, 9.17) is 0 Å². The smallest absolute Gasteiger partial charge is 0.137 e. The summed E-state index contributed by atoms with van der Waals surface area (Å²) >= 11 is 10.3. The summed E-state index contributed by atoms with van der Waals surface area (Å²) in [5.74, 6) is -0.251. The Labute approximate surface area is 143 Å². The van der Waals surface area contributed by atoms with E-state index in [0.29, 0.717) is 4.47 Å². The Morgan fingerprint density at radius 3 is 2.20 bits per heavy atom. The first-order valence-electron chi connectivity index (χ1n) is 6.15. The van der Waals surface area contributed by atoms with Gasteiger partial charge in [0.05, 0.1) is 10.5 Å². The van der Waals surface area contributed by atoms with Crippen molar-refractivity contribution in [3.63, 3.8) is 0 Å². The Hall–Kier alpha value is -0.230. The first kappa shape index (κ1) is 16.1. The molecule has 20 heavy (non-hydrogen) atoms. The highest BCUT2D eigenvalue weighted by atomic mass is 79.9. The standard InChI is InChI=1S/C15H13Br3FN/c1-2-20-15(9-3-4-14(19)13(18)7-9)10-5-11(16)8-12(17)6-10/h3-8,15,20H,2H2,1H3. The maximum Gasteiger partial charge on any atom is 0.137 e. The van der Waals surface area contributed by atoms with Gasteiger partial charge in [-0.05, 0) is 63.9 Å². The Morgan fingerprint density at radius 1 is 1.00 bits per heavy atom. The van der Waals surface area contributed by atoms with Crippen LogP contribution in [0.2, 0.25) is 0 Å². The van der Waals surface area contributed by atoms with E-state index < -0.39 is 0 Å². The lowest BCUT2D eigenvalue weighted by Crippen LogP contribution is -2.22. The van der Waals surface area contributed by atoms with Crippen LogP contribution in [0, 0.1) is 5.82 Å². The molecule has 0 aromatic heterocycles.